The van der Waals surface area contributed by atoms with Crippen molar-refractivity contribution in [3.05, 3.63) is 0 Å². The molecular formula is C15H32N2O. The van der Waals surface area contributed by atoms with Gasteiger partial charge < -0.3 is 10.4 Å². The maximum absolute atomic E-state index is 9.66. The smallest absolute Gasteiger partial charge is 0.0611 e. The monoisotopic (exact) mass is 256 g/mol. The summed E-state index contributed by atoms with van der Waals surface area (Å²) in [6.07, 6.45) is 2.30. The van der Waals surface area contributed by atoms with Crippen molar-refractivity contribution in [2.24, 2.45) is 5.92 Å². The summed E-state index contributed by atoms with van der Waals surface area (Å²) in [5, 5.41) is 13.2. The third kappa shape index (κ3) is 4.22. The summed E-state index contributed by atoms with van der Waals surface area (Å²) in [7, 11) is 0. The highest BCUT2D eigenvalue weighted by Gasteiger charge is 2.34. The Labute approximate surface area is 113 Å². The predicted octanol–water partition coefficient (Wildman–Crippen LogP) is 2.24. The number of nitrogens with one attached hydrogen (secondary N) is 1. The van der Waals surface area contributed by atoms with Crippen LogP contribution < -0.4 is 5.32 Å². The molecule has 3 heteroatoms. The molecule has 0 spiro atoms. The van der Waals surface area contributed by atoms with Gasteiger partial charge in [-0.2, -0.15) is 0 Å². The molecular weight excluding hydrogens is 224 g/mol. The van der Waals surface area contributed by atoms with E-state index in [4.69, 9.17) is 0 Å². The fourth-order valence-electron chi connectivity index (χ4n) is 3.58. The fraction of sp³-hybridized carbons (Fsp3) is 1.00. The quantitative estimate of drug-likeness (QED) is 0.765. The fourth-order valence-corrected chi connectivity index (χ4v) is 3.58. The van der Waals surface area contributed by atoms with Gasteiger partial charge in [-0.25, -0.2) is 0 Å². The Bertz CT molecular complexity index is 257. The topological polar surface area (TPSA) is 35.5 Å². The normalized spacial score (nSPS) is 30.7. The number of hydrogen-bond donors (Lipinski definition) is 2. The van der Waals surface area contributed by atoms with Gasteiger partial charge in [0.25, 0.3) is 0 Å². The van der Waals surface area contributed by atoms with E-state index in [0.29, 0.717) is 18.1 Å². The molecule has 0 bridgehead atoms. The number of rotatable bonds is 6. The lowest BCUT2D eigenvalue weighted by atomic mass is 9.92. The van der Waals surface area contributed by atoms with Crippen LogP contribution in [0.15, 0.2) is 0 Å². The summed E-state index contributed by atoms with van der Waals surface area (Å²) >= 11 is 0. The largest absolute Gasteiger partial charge is 0.394 e. The van der Waals surface area contributed by atoms with E-state index in [9.17, 15) is 5.11 Å². The van der Waals surface area contributed by atoms with Crippen molar-refractivity contribution in [3.63, 3.8) is 0 Å². The predicted molar refractivity (Wildman–Crippen MR) is 77.8 cm³/mol. The maximum Gasteiger partial charge on any atom is 0.0611 e. The molecule has 1 fully saturated rings. The highest BCUT2D eigenvalue weighted by atomic mass is 16.3. The minimum atomic E-state index is -0.168. The summed E-state index contributed by atoms with van der Waals surface area (Å²) in [5.74, 6) is 0.806. The SMILES string of the molecule is CC1CC(C)N(C(C)CC(C)(CO)NC(C)C)C1. The lowest BCUT2D eigenvalue weighted by Gasteiger charge is -2.38. The molecule has 0 radical (unpaired) electrons. The highest BCUT2D eigenvalue weighted by Crippen LogP contribution is 2.27. The minimum Gasteiger partial charge on any atom is -0.394 e. The van der Waals surface area contributed by atoms with Gasteiger partial charge >= 0.3 is 0 Å². The third-order valence-electron chi connectivity index (χ3n) is 4.13. The molecule has 0 saturated carbocycles. The highest BCUT2D eigenvalue weighted by molar-refractivity contribution is 4.91. The number of nitrogens with zero attached hydrogens (tertiary/aromatic N) is 1. The minimum absolute atomic E-state index is 0.168. The molecule has 4 atom stereocenters. The molecule has 0 aromatic rings. The molecule has 2 N–H and O–H groups in total. The summed E-state index contributed by atoms with van der Waals surface area (Å²) < 4.78 is 0. The Kier molecular flexibility index (Phi) is 5.63. The summed E-state index contributed by atoms with van der Waals surface area (Å²) in [4.78, 5) is 2.60. The van der Waals surface area contributed by atoms with Crippen LogP contribution in [-0.4, -0.2) is 46.8 Å². The molecule has 3 nitrogen and oxygen atoms in total. The van der Waals surface area contributed by atoms with Gasteiger partial charge in [0.2, 0.25) is 0 Å². The number of hydrogen-bond acceptors (Lipinski definition) is 3. The standard InChI is InChI=1S/C15H32N2O/c1-11(2)16-15(6,10-18)8-14(5)17-9-12(3)7-13(17)4/h11-14,16,18H,7-10H2,1-6H3. The zero-order valence-electron chi connectivity index (χ0n) is 13.0. The van der Waals surface area contributed by atoms with Crippen molar-refractivity contribution in [1.82, 2.24) is 10.2 Å². The van der Waals surface area contributed by atoms with Gasteiger partial charge in [0.05, 0.1) is 6.61 Å². The van der Waals surface area contributed by atoms with E-state index >= 15 is 0 Å². The average Bonchev–Trinajstić information content (AvgIpc) is 2.56. The van der Waals surface area contributed by atoms with Crippen LogP contribution in [0, 0.1) is 5.92 Å². The molecule has 18 heavy (non-hydrogen) atoms. The Hall–Kier alpha value is -0.120. The molecule has 1 aliphatic rings. The zero-order valence-corrected chi connectivity index (χ0v) is 13.0. The maximum atomic E-state index is 9.66. The second kappa shape index (κ2) is 6.36. The Morgan fingerprint density at radius 3 is 2.33 bits per heavy atom. The van der Waals surface area contributed by atoms with E-state index in [0.717, 1.165) is 12.3 Å². The Morgan fingerprint density at radius 1 is 1.33 bits per heavy atom. The van der Waals surface area contributed by atoms with Crippen molar-refractivity contribution < 1.29 is 5.11 Å². The van der Waals surface area contributed by atoms with E-state index in [2.05, 4.69) is 51.8 Å². The lowest BCUT2D eigenvalue weighted by molar-refractivity contribution is 0.105. The number of likely N-dealkylation sites (tertiary alicyclic amines) is 1. The van der Waals surface area contributed by atoms with Crippen molar-refractivity contribution in [2.75, 3.05) is 13.2 Å². The Balaban J connectivity index is 2.59. The van der Waals surface area contributed by atoms with Crippen LogP contribution in [0.4, 0.5) is 0 Å². The lowest BCUT2D eigenvalue weighted by Crippen LogP contribution is -2.53. The van der Waals surface area contributed by atoms with Crippen molar-refractivity contribution in [2.45, 2.75) is 78.0 Å². The average molecular weight is 256 g/mol. The first-order chi connectivity index (χ1) is 8.27. The molecule has 108 valence electrons. The van der Waals surface area contributed by atoms with Crippen LogP contribution in [-0.2, 0) is 0 Å². The van der Waals surface area contributed by atoms with E-state index in [-0.39, 0.29) is 12.1 Å². The molecule has 0 amide bonds. The van der Waals surface area contributed by atoms with Gasteiger partial charge in [-0.15, -0.1) is 0 Å². The van der Waals surface area contributed by atoms with Gasteiger partial charge in [0.1, 0.15) is 0 Å². The second-order valence-electron chi connectivity index (χ2n) is 6.96. The van der Waals surface area contributed by atoms with E-state index in [1.165, 1.54) is 13.0 Å². The molecule has 1 rings (SSSR count). The van der Waals surface area contributed by atoms with Crippen LogP contribution in [0.2, 0.25) is 0 Å². The van der Waals surface area contributed by atoms with E-state index in [1.807, 2.05) is 0 Å². The van der Waals surface area contributed by atoms with Crippen LogP contribution >= 0.6 is 0 Å². The number of aliphatic hydroxyl groups is 1. The summed E-state index contributed by atoms with van der Waals surface area (Å²) in [5.41, 5.74) is -0.168. The second-order valence-corrected chi connectivity index (χ2v) is 6.96. The van der Waals surface area contributed by atoms with Crippen molar-refractivity contribution >= 4 is 0 Å². The zero-order chi connectivity index (χ0) is 13.9. The van der Waals surface area contributed by atoms with Gasteiger partial charge in [0, 0.05) is 30.2 Å². The summed E-state index contributed by atoms with van der Waals surface area (Å²) in [6.45, 7) is 14.8. The first kappa shape index (κ1) is 15.9. The first-order valence-corrected chi connectivity index (χ1v) is 7.41. The third-order valence-corrected chi connectivity index (χ3v) is 4.13. The van der Waals surface area contributed by atoms with Crippen LogP contribution in [0.5, 0.6) is 0 Å². The van der Waals surface area contributed by atoms with Crippen LogP contribution in [0.25, 0.3) is 0 Å². The molecule has 1 heterocycles. The van der Waals surface area contributed by atoms with E-state index < -0.39 is 0 Å². The van der Waals surface area contributed by atoms with Crippen LogP contribution in [0.1, 0.15) is 54.4 Å². The van der Waals surface area contributed by atoms with Crippen molar-refractivity contribution in [1.29, 1.82) is 0 Å². The van der Waals surface area contributed by atoms with Crippen molar-refractivity contribution in [3.8, 4) is 0 Å². The van der Waals surface area contributed by atoms with Crippen LogP contribution in [0.3, 0.4) is 0 Å². The van der Waals surface area contributed by atoms with Gasteiger partial charge in [0.15, 0.2) is 0 Å². The van der Waals surface area contributed by atoms with Gasteiger partial charge in [-0.3, -0.25) is 4.90 Å². The Morgan fingerprint density at radius 2 is 1.94 bits per heavy atom. The molecule has 0 aliphatic carbocycles. The van der Waals surface area contributed by atoms with E-state index in [1.54, 1.807) is 0 Å². The van der Waals surface area contributed by atoms with Gasteiger partial charge in [-0.1, -0.05) is 20.8 Å². The molecule has 0 aromatic heterocycles. The molecule has 1 aliphatic heterocycles. The summed E-state index contributed by atoms with van der Waals surface area (Å²) in [6, 6.07) is 1.61. The molecule has 4 unspecified atom stereocenters. The molecule has 0 aromatic carbocycles. The first-order valence-electron chi connectivity index (χ1n) is 7.41. The van der Waals surface area contributed by atoms with Gasteiger partial charge in [-0.05, 0) is 39.5 Å². The molecule has 1 saturated heterocycles. The number of aliphatic hydroxyl groups excluding tert-OH is 1.